The van der Waals surface area contributed by atoms with E-state index >= 15 is 0 Å². The SMILES string of the molecule is CC(O)c1cccnc1Sc1nc2ccccc2o1. The summed E-state index contributed by atoms with van der Waals surface area (Å²) >= 11 is 1.32. The van der Waals surface area contributed by atoms with Gasteiger partial charge in [-0.15, -0.1) is 0 Å². The van der Waals surface area contributed by atoms with Gasteiger partial charge in [0.15, 0.2) is 5.58 Å². The molecule has 0 radical (unpaired) electrons. The molecule has 0 amide bonds. The van der Waals surface area contributed by atoms with Crippen LogP contribution in [0.3, 0.4) is 0 Å². The van der Waals surface area contributed by atoms with Crippen LogP contribution in [0.1, 0.15) is 18.6 Å². The van der Waals surface area contributed by atoms with Crippen molar-refractivity contribution in [3.63, 3.8) is 0 Å². The Balaban J connectivity index is 1.97. The largest absolute Gasteiger partial charge is 0.431 e. The van der Waals surface area contributed by atoms with Crippen LogP contribution in [0.5, 0.6) is 0 Å². The van der Waals surface area contributed by atoms with Crippen molar-refractivity contribution < 1.29 is 9.52 Å². The Kier molecular flexibility index (Phi) is 3.23. The summed E-state index contributed by atoms with van der Waals surface area (Å²) in [5.41, 5.74) is 2.34. The van der Waals surface area contributed by atoms with Gasteiger partial charge in [-0.3, -0.25) is 0 Å². The van der Waals surface area contributed by atoms with E-state index in [0.29, 0.717) is 10.2 Å². The first-order valence-corrected chi connectivity index (χ1v) is 6.72. The van der Waals surface area contributed by atoms with Crippen molar-refractivity contribution in [3.8, 4) is 0 Å². The number of oxazole rings is 1. The van der Waals surface area contributed by atoms with Crippen LogP contribution in [-0.2, 0) is 0 Å². The molecular weight excluding hydrogens is 260 g/mol. The number of aromatic nitrogens is 2. The number of nitrogens with zero attached hydrogens (tertiary/aromatic N) is 2. The van der Waals surface area contributed by atoms with Gasteiger partial charge in [-0.2, -0.15) is 0 Å². The molecule has 19 heavy (non-hydrogen) atoms. The van der Waals surface area contributed by atoms with Crippen LogP contribution >= 0.6 is 11.8 Å². The summed E-state index contributed by atoms with van der Waals surface area (Å²) in [4.78, 5) is 8.65. The normalized spacial score (nSPS) is 12.7. The van der Waals surface area contributed by atoms with Crippen LogP contribution in [0.25, 0.3) is 11.1 Å². The molecule has 3 aromatic rings. The maximum atomic E-state index is 9.72. The van der Waals surface area contributed by atoms with E-state index in [1.165, 1.54) is 11.8 Å². The van der Waals surface area contributed by atoms with Crippen molar-refractivity contribution in [3.05, 3.63) is 48.2 Å². The fourth-order valence-corrected chi connectivity index (χ4v) is 2.69. The molecule has 1 aromatic carbocycles. The highest BCUT2D eigenvalue weighted by Crippen LogP contribution is 2.32. The molecule has 5 heteroatoms. The lowest BCUT2D eigenvalue weighted by molar-refractivity contribution is 0.195. The van der Waals surface area contributed by atoms with Crippen LogP contribution in [0.2, 0.25) is 0 Å². The molecule has 0 fully saturated rings. The average molecular weight is 272 g/mol. The van der Waals surface area contributed by atoms with Gasteiger partial charge < -0.3 is 9.52 Å². The molecule has 0 aliphatic heterocycles. The summed E-state index contributed by atoms with van der Waals surface area (Å²) < 4.78 is 5.64. The van der Waals surface area contributed by atoms with Gasteiger partial charge in [0.2, 0.25) is 0 Å². The number of aliphatic hydroxyl groups is 1. The summed E-state index contributed by atoms with van der Waals surface area (Å²) in [6.45, 7) is 1.72. The van der Waals surface area contributed by atoms with E-state index in [1.807, 2.05) is 30.3 Å². The number of rotatable bonds is 3. The highest BCUT2D eigenvalue weighted by atomic mass is 32.2. The van der Waals surface area contributed by atoms with E-state index in [0.717, 1.165) is 16.7 Å². The molecule has 1 unspecified atom stereocenters. The van der Waals surface area contributed by atoms with Crippen LogP contribution in [0.4, 0.5) is 0 Å². The topological polar surface area (TPSA) is 59.2 Å². The first-order chi connectivity index (χ1) is 9.24. The lowest BCUT2D eigenvalue weighted by Crippen LogP contribution is -1.95. The number of pyridine rings is 1. The molecule has 0 aliphatic rings. The molecule has 3 rings (SSSR count). The quantitative estimate of drug-likeness (QED) is 0.791. The van der Waals surface area contributed by atoms with Crippen molar-refractivity contribution in [1.29, 1.82) is 0 Å². The number of hydrogen-bond donors (Lipinski definition) is 1. The van der Waals surface area contributed by atoms with Crippen molar-refractivity contribution in [2.24, 2.45) is 0 Å². The molecule has 2 aromatic heterocycles. The Morgan fingerprint density at radius 3 is 2.84 bits per heavy atom. The van der Waals surface area contributed by atoms with Gasteiger partial charge in [-0.1, -0.05) is 18.2 Å². The van der Waals surface area contributed by atoms with E-state index in [4.69, 9.17) is 4.42 Å². The van der Waals surface area contributed by atoms with Crippen LogP contribution < -0.4 is 0 Å². The molecule has 0 saturated carbocycles. The Hall–Kier alpha value is -1.85. The highest BCUT2D eigenvalue weighted by molar-refractivity contribution is 7.99. The molecule has 96 valence electrons. The minimum absolute atomic E-state index is 0.529. The van der Waals surface area contributed by atoms with Gasteiger partial charge in [-0.05, 0) is 36.9 Å². The maximum absolute atomic E-state index is 9.72. The standard InChI is InChI=1S/C14H12N2O2S/c1-9(17)10-5-4-8-15-13(10)19-14-16-11-6-2-3-7-12(11)18-14/h2-9,17H,1H3. The number of hydrogen-bond acceptors (Lipinski definition) is 5. The summed E-state index contributed by atoms with van der Waals surface area (Å²) in [6.07, 6.45) is 1.12. The second-order valence-electron chi connectivity index (χ2n) is 4.12. The number of para-hydroxylation sites is 2. The van der Waals surface area contributed by atoms with Crippen molar-refractivity contribution in [2.45, 2.75) is 23.3 Å². The molecule has 0 bridgehead atoms. The zero-order valence-corrected chi connectivity index (χ0v) is 11.1. The van der Waals surface area contributed by atoms with Gasteiger partial charge in [0, 0.05) is 11.8 Å². The molecule has 4 nitrogen and oxygen atoms in total. The zero-order chi connectivity index (χ0) is 13.2. The molecule has 1 N–H and O–H groups in total. The summed E-state index contributed by atoms with van der Waals surface area (Å²) in [5, 5.41) is 11.0. The summed E-state index contributed by atoms with van der Waals surface area (Å²) in [7, 11) is 0. The second-order valence-corrected chi connectivity index (χ2v) is 5.06. The van der Waals surface area contributed by atoms with Crippen molar-refractivity contribution in [2.75, 3.05) is 0 Å². The molecule has 0 saturated heterocycles. The van der Waals surface area contributed by atoms with Gasteiger partial charge in [0.05, 0.1) is 6.10 Å². The molecule has 2 heterocycles. The summed E-state index contributed by atoms with van der Waals surface area (Å²) in [5.74, 6) is 0. The Labute approximate surface area is 114 Å². The Bertz CT molecular complexity index is 676. The Morgan fingerprint density at radius 1 is 1.21 bits per heavy atom. The number of aliphatic hydroxyl groups excluding tert-OH is 1. The number of fused-ring (bicyclic) bond motifs is 1. The van der Waals surface area contributed by atoms with Crippen LogP contribution in [0, 0.1) is 0 Å². The van der Waals surface area contributed by atoms with Crippen LogP contribution in [0.15, 0.2) is 57.3 Å². The molecule has 0 spiro atoms. The van der Waals surface area contributed by atoms with Gasteiger partial charge in [0.25, 0.3) is 5.22 Å². The minimum Gasteiger partial charge on any atom is -0.431 e. The third kappa shape index (κ3) is 2.47. The molecular formula is C14H12N2O2S. The van der Waals surface area contributed by atoms with E-state index in [9.17, 15) is 5.11 Å². The smallest absolute Gasteiger partial charge is 0.263 e. The van der Waals surface area contributed by atoms with E-state index in [2.05, 4.69) is 9.97 Å². The van der Waals surface area contributed by atoms with E-state index in [1.54, 1.807) is 19.2 Å². The first-order valence-electron chi connectivity index (χ1n) is 5.90. The van der Waals surface area contributed by atoms with Crippen molar-refractivity contribution >= 4 is 22.9 Å². The third-order valence-electron chi connectivity index (χ3n) is 2.71. The molecule has 1 atom stereocenters. The van der Waals surface area contributed by atoms with Gasteiger partial charge in [-0.25, -0.2) is 9.97 Å². The van der Waals surface area contributed by atoms with Crippen LogP contribution in [-0.4, -0.2) is 15.1 Å². The lowest BCUT2D eigenvalue weighted by Gasteiger charge is -2.07. The van der Waals surface area contributed by atoms with Gasteiger partial charge >= 0.3 is 0 Å². The maximum Gasteiger partial charge on any atom is 0.263 e. The van der Waals surface area contributed by atoms with Crippen molar-refractivity contribution in [1.82, 2.24) is 9.97 Å². The Morgan fingerprint density at radius 2 is 2.05 bits per heavy atom. The number of benzene rings is 1. The fraction of sp³-hybridized carbons (Fsp3) is 0.143. The summed E-state index contributed by atoms with van der Waals surface area (Å²) in [6, 6.07) is 11.3. The third-order valence-corrected chi connectivity index (χ3v) is 3.59. The lowest BCUT2D eigenvalue weighted by atomic mass is 10.2. The predicted octanol–water partition coefficient (Wildman–Crippen LogP) is 3.43. The zero-order valence-electron chi connectivity index (χ0n) is 10.3. The van der Waals surface area contributed by atoms with E-state index < -0.39 is 6.10 Å². The second kappa shape index (κ2) is 5.03. The predicted molar refractivity (Wildman–Crippen MR) is 73.0 cm³/mol. The minimum atomic E-state index is -0.569. The average Bonchev–Trinajstić information content (AvgIpc) is 2.81. The first kappa shape index (κ1) is 12.2. The monoisotopic (exact) mass is 272 g/mol. The van der Waals surface area contributed by atoms with Gasteiger partial charge in [0.1, 0.15) is 10.5 Å². The molecule has 0 aliphatic carbocycles. The fourth-order valence-electron chi connectivity index (χ4n) is 1.78. The van der Waals surface area contributed by atoms with E-state index in [-0.39, 0.29) is 0 Å². The highest BCUT2D eigenvalue weighted by Gasteiger charge is 2.13.